The second-order valence-corrected chi connectivity index (χ2v) is 6.40. The highest BCUT2D eigenvalue weighted by molar-refractivity contribution is 7.99. The molecule has 19 heavy (non-hydrogen) atoms. The molecule has 0 heterocycles. The first-order chi connectivity index (χ1) is 9.13. The van der Waals surface area contributed by atoms with Gasteiger partial charge >= 0.3 is 0 Å². The minimum Gasteiger partial charge on any atom is -0.339 e. The monoisotopic (exact) mass is 317 g/mol. The third kappa shape index (κ3) is 4.04. The summed E-state index contributed by atoms with van der Waals surface area (Å²) in [5.41, 5.74) is 0.915. The molecule has 1 aliphatic carbocycles. The van der Waals surface area contributed by atoms with E-state index in [0.717, 1.165) is 24.9 Å². The Morgan fingerprint density at radius 3 is 2.53 bits per heavy atom. The number of hydrogen-bond donors (Lipinski definition) is 0. The summed E-state index contributed by atoms with van der Waals surface area (Å²) in [6.07, 6.45) is 2.31. The van der Waals surface area contributed by atoms with Gasteiger partial charge < -0.3 is 4.90 Å². The van der Waals surface area contributed by atoms with Crippen LogP contribution in [-0.4, -0.2) is 29.1 Å². The number of carbonyl (C=O) groups is 1. The zero-order chi connectivity index (χ0) is 13.8. The van der Waals surface area contributed by atoms with Gasteiger partial charge in [0.1, 0.15) is 0 Å². The molecule has 2 rings (SSSR count). The Kier molecular flexibility index (Phi) is 5.43. The second-order valence-electron chi connectivity index (χ2n) is 4.60. The molecule has 0 atom stereocenters. The van der Waals surface area contributed by atoms with Crippen molar-refractivity contribution < 1.29 is 4.79 Å². The lowest BCUT2D eigenvalue weighted by atomic mass is 10.2. The summed E-state index contributed by atoms with van der Waals surface area (Å²) >= 11 is 13.8. The van der Waals surface area contributed by atoms with Gasteiger partial charge in [0, 0.05) is 28.4 Å². The van der Waals surface area contributed by atoms with Crippen molar-refractivity contribution in [1.29, 1.82) is 0 Å². The number of benzene rings is 1. The maximum atomic E-state index is 12.1. The first-order valence-corrected chi connectivity index (χ1v) is 8.34. The predicted molar refractivity (Wildman–Crippen MR) is 83.0 cm³/mol. The highest BCUT2D eigenvalue weighted by atomic mass is 35.5. The summed E-state index contributed by atoms with van der Waals surface area (Å²) < 4.78 is 0. The first-order valence-electron chi connectivity index (χ1n) is 6.43. The van der Waals surface area contributed by atoms with Crippen molar-refractivity contribution in [1.82, 2.24) is 4.90 Å². The number of rotatable bonds is 6. The number of amides is 1. The van der Waals surface area contributed by atoms with E-state index in [-0.39, 0.29) is 5.91 Å². The lowest BCUT2D eigenvalue weighted by Crippen LogP contribution is -2.34. The largest absolute Gasteiger partial charge is 0.339 e. The average Bonchev–Trinajstić information content (AvgIpc) is 3.18. The van der Waals surface area contributed by atoms with Crippen molar-refractivity contribution in [3.63, 3.8) is 0 Å². The Hall–Kier alpha value is -0.380. The molecule has 0 aliphatic heterocycles. The average molecular weight is 318 g/mol. The molecule has 1 amide bonds. The van der Waals surface area contributed by atoms with E-state index in [4.69, 9.17) is 23.2 Å². The van der Waals surface area contributed by atoms with Crippen LogP contribution < -0.4 is 0 Å². The number of carbonyl (C=O) groups excluding carboxylic acids is 1. The van der Waals surface area contributed by atoms with Gasteiger partial charge in [-0.3, -0.25) is 4.79 Å². The van der Waals surface area contributed by atoms with Gasteiger partial charge in [-0.25, -0.2) is 0 Å². The molecule has 104 valence electrons. The Bertz CT molecular complexity index is 443. The van der Waals surface area contributed by atoms with Crippen molar-refractivity contribution in [3.05, 3.63) is 33.8 Å². The lowest BCUT2D eigenvalue weighted by molar-refractivity contribution is -0.128. The SMILES string of the molecule is CCN(C(=O)CSCc1c(Cl)cccc1Cl)C1CC1. The van der Waals surface area contributed by atoms with Gasteiger partial charge in [-0.15, -0.1) is 11.8 Å². The van der Waals surface area contributed by atoms with E-state index >= 15 is 0 Å². The number of thioether (sulfide) groups is 1. The zero-order valence-electron chi connectivity index (χ0n) is 10.9. The maximum absolute atomic E-state index is 12.1. The molecule has 0 saturated heterocycles. The van der Waals surface area contributed by atoms with Crippen LogP contribution in [0.4, 0.5) is 0 Å². The van der Waals surface area contributed by atoms with E-state index < -0.39 is 0 Å². The normalized spacial score (nSPS) is 14.5. The topological polar surface area (TPSA) is 20.3 Å². The van der Waals surface area contributed by atoms with Gasteiger partial charge in [0.2, 0.25) is 5.91 Å². The van der Waals surface area contributed by atoms with Gasteiger partial charge in [-0.1, -0.05) is 29.3 Å². The van der Waals surface area contributed by atoms with E-state index in [2.05, 4.69) is 0 Å². The van der Waals surface area contributed by atoms with Crippen molar-refractivity contribution >= 4 is 40.9 Å². The smallest absolute Gasteiger partial charge is 0.232 e. The predicted octanol–water partition coefficient (Wildman–Crippen LogP) is 4.24. The molecule has 2 nitrogen and oxygen atoms in total. The molecule has 1 aliphatic rings. The van der Waals surface area contributed by atoms with Crippen molar-refractivity contribution in [2.75, 3.05) is 12.3 Å². The summed E-state index contributed by atoms with van der Waals surface area (Å²) in [5.74, 6) is 1.39. The summed E-state index contributed by atoms with van der Waals surface area (Å²) in [5, 5.41) is 1.34. The molecule has 1 saturated carbocycles. The van der Waals surface area contributed by atoms with Crippen LogP contribution in [0.2, 0.25) is 10.0 Å². The molecule has 0 N–H and O–H groups in total. The van der Waals surface area contributed by atoms with Gasteiger partial charge in [0.05, 0.1) is 5.75 Å². The third-order valence-corrected chi connectivity index (χ3v) is 4.83. The van der Waals surface area contributed by atoms with Crippen molar-refractivity contribution in [3.8, 4) is 0 Å². The molecule has 5 heteroatoms. The number of nitrogens with zero attached hydrogens (tertiary/aromatic N) is 1. The molecule has 0 bridgehead atoms. The quantitative estimate of drug-likeness (QED) is 0.782. The van der Waals surface area contributed by atoms with Crippen LogP contribution in [0, 0.1) is 0 Å². The Morgan fingerprint density at radius 1 is 1.37 bits per heavy atom. The van der Waals surface area contributed by atoms with E-state index in [0.29, 0.717) is 27.6 Å². The first kappa shape index (κ1) is 15.0. The molecular weight excluding hydrogens is 301 g/mol. The summed E-state index contributed by atoms with van der Waals surface area (Å²) in [4.78, 5) is 14.0. The molecule has 0 aromatic heterocycles. The highest BCUT2D eigenvalue weighted by Crippen LogP contribution is 2.30. The van der Waals surface area contributed by atoms with E-state index in [1.165, 1.54) is 0 Å². The third-order valence-electron chi connectivity index (χ3n) is 3.18. The summed E-state index contributed by atoms with van der Waals surface area (Å²) in [6.45, 7) is 2.84. The number of hydrogen-bond acceptors (Lipinski definition) is 2. The summed E-state index contributed by atoms with van der Waals surface area (Å²) in [7, 11) is 0. The van der Waals surface area contributed by atoms with E-state index in [1.54, 1.807) is 11.8 Å². The zero-order valence-corrected chi connectivity index (χ0v) is 13.2. The van der Waals surface area contributed by atoms with Crippen LogP contribution in [0.1, 0.15) is 25.3 Å². The van der Waals surface area contributed by atoms with Gasteiger partial charge in [-0.05, 0) is 37.5 Å². The van der Waals surface area contributed by atoms with Crippen LogP contribution >= 0.6 is 35.0 Å². The molecule has 0 spiro atoms. The van der Waals surface area contributed by atoms with Crippen LogP contribution in [-0.2, 0) is 10.5 Å². The minimum atomic E-state index is 0.221. The van der Waals surface area contributed by atoms with Crippen LogP contribution in [0.3, 0.4) is 0 Å². The van der Waals surface area contributed by atoms with E-state index in [1.807, 2.05) is 30.0 Å². The lowest BCUT2D eigenvalue weighted by Gasteiger charge is -2.20. The van der Waals surface area contributed by atoms with Crippen LogP contribution in [0.5, 0.6) is 0 Å². The molecule has 0 radical (unpaired) electrons. The fourth-order valence-corrected chi connectivity index (χ4v) is 3.67. The molecule has 1 aromatic rings. The van der Waals surface area contributed by atoms with Gasteiger partial charge in [-0.2, -0.15) is 0 Å². The molecule has 1 fully saturated rings. The molecule has 0 unspecified atom stereocenters. The molecular formula is C14H17Cl2NOS. The fourth-order valence-electron chi connectivity index (χ4n) is 2.02. The Morgan fingerprint density at radius 2 is 2.00 bits per heavy atom. The van der Waals surface area contributed by atoms with Gasteiger partial charge in [0.15, 0.2) is 0 Å². The Labute approximate surface area is 128 Å². The van der Waals surface area contributed by atoms with Crippen molar-refractivity contribution in [2.24, 2.45) is 0 Å². The minimum absolute atomic E-state index is 0.221. The standard InChI is InChI=1S/C14H17Cl2NOS/c1-2-17(10-6-7-10)14(18)9-19-8-11-12(15)4-3-5-13(11)16/h3-5,10H,2,6-9H2,1H3. The fraction of sp³-hybridized carbons (Fsp3) is 0.500. The highest BCUT2D eigenvalue weighted by Gasteiger charge is 2.30. The summed E-state index contributed by atoms with van der Waals surface area (Å²) in [6, 6.07) is 5.97. The van der Waals surface area contributed by atoms with Crippen molar-refractivity contribution in [2.45, 2.75) is 31.6 Å². The second kappa shape index (κ2) is 6.87. The molecule has 1 aromatic carbocycles. The van der Waals surface area contributed by atoms with Crippen LogP contribution in [0.15, 0.2) is 18.2 Å². The van der Waals surface area contributed by atoms with Crippen LogP contribution in [0.25, 0.3) is 0 Å². The van der Waals surface area contributed by atoms with Gasteiger partial charge in [0.25, 0.3) is 0 Å². The Balaban J connectivity index is 1.84. The number of halogens is 2. The maximum Gasteiger partial charge on any atom is 0.232 e. The van der Waals surface area contributed by atoms with E-state index in [9.17, 15) is 4.79 Å².